The van der Waals surface area contributed by atoms with Gasteiger partial charge in [-0.1, -0.05) is 36.0 Å². The first-order valence-electron chi connectivity index (χ1n) is 7.88. The van der Waals surface area contributed by atoms with Gasteiger partial charge in [0.15, 0.2) is 0 Å². The molecule has 0 aliphatic carbocycles. The zero-order valence-corrected chi connectivity index (χ0v) is 14.8. The van der Waals surface area contributed by atoms with E-state index >= 15 is 0 Å². The van der Waals surface area contributed by atoms with Gasteiger partial charge in [0, 0.05) is 0 Å². The third-order valence-corrected chi connectivity index (χ3v) is 5.21. The van der Waals surface area contributed by atoms with Crippen LogP contribution in [0.5, 0.6) is 5.75 Å². The van der Waals surface area contributed by atoms with E-state index in [1.807, 2.05) is 25.1 Å². The number of hydrogen-bond acceptors (Lipinski definition) is 4. The summed E-state index contributed by atoms with van der Waals surface area (Å²) in [5.74, 6) is 0.251. The molecule has 25 heavy (non-hydrogen) atoms. The number of halogens is 1. The number of amides is 2. The van der Waals surface area contributed by atoms with Crippen LogP contribution < -0.4 is 4.74 Å². The summed E-state index contributed by atoms with van der Waals surface area (Å²) in [6.07, 6.45) is 0.486. The monoisotopic (exact) mass is 359 g/mol. The first kappa shape index (κ1) is 17.5. The quantitative estimate of drug-likeness (QED) is 0.811. The molecule has 0 N–H and O–H groups in total. The van der Waals surface area contributed by atoms with Crippen molar-refractivity contribution in [3.8, 4) is 5.75 Å². The molecule has 2 aromatic carbocycles. The lowest BCUT2D eigenvalue weighted by atomic mass is 10.1. The molecule has 1 saturated heterocycles. The van der Waals surface area contributed by atoms with Crippen LogP contribution in [0.1, 0.15) is 16.7 Å². The van der Waals surface area contributed by atoms with Crippen molar-refractivity contribution < 1.29 is 18.7 Å². The van der Waals surface area contributed by atoms with Crippen molar-refractivity contribution in [1.29, 1.82) is 0 Å². The van der Waals surface area contributed by atoms with Gasteiger partial charge in [0.2, 0.25) is 5.91 Å². The van der Waals surface area contributed by atoms with Gasteiger partial charge >= 0.3 is 0 Å². The van der Waals surface area contributed by atoms with Crippen molar-refractivity contribution in [1.82, 2.24) is 4.90 Å². The predicted octanol–water partition coefficient (Wildman–Crippen LogP) is 3.95. The Balaban J connectivity index is 1.70. The van der Waals surface area contributed by atoms with Gasteiger partial charge in [0.05, 0.1) is 18.9 Å². The molecule has 2 aromatic rings. The Morgan fingerprint density at radius 3 is 2.44 bits per heavy atom. The number of carbonyl (C=O) groups is 2. The van der Waals surface area contributed by atoms with E-state index in [0.29, 0.717) is 6.42 Å². The fourth-order valence-corrected chi connectivity index (χ4v) is 3.85. The number of benzene rings is 2. The average molecular weight is 359 g/mol. The number of imide groups is 1. The molecule has 130 valence electrons. The summed E-state index contributed by atoms with van der Waals surface area (Å²) in [7, 11) is 1.62. The molecule has 0 aromatic heterocycles. The molecule has 0 unspecified atom stereocenters. The smallest absolute Gasteiger partial charge is 0.289 e. The maximum Gasteiger partial charge on any atom is 0.289 e. The minimum Gasteiger partial charge on any atom is -0.496 e. The van der Waals surface area contributed by atoms with Crippen LogP contribution in [0.25, 0.3) is 0 Å². The van der Waals surface area contributed by atoms with Crippen molar-refractivity contribution in [3.63, 3.8) is 0 Å². The molecule has 1 atom stereocenters. The van der Waals surface area contributed by atoms with E-state index in [9.17, 15) is 14.0 Å². The van der Waals surface area contributed by atoms with Gasteiger partial charge in [-0.3, -0.25) is 14.5 Å². The van der Waals surface area contributed by atoms with E-state index in [1.165, 1.54) is 17.0 Å². The SMILES string of the molecule is COc1ccc(C[C@@H]2SC(=O)N(Cc3ccc(F)cc3)C2=O)cc1C. The zero-order chi connectivity index (χ0) is 18.0. The molecular formula is C19H18FNO3S. The summed E-state index contributed by atoms with van der Waals surface area (Å²) in [5.41, 5.74) is 2.70. The lowest BCUT2D eigenvalue weighted by molar-refractivity contribution is -0.127. The first-order valence-corrected chi connectivity index (χ1v) is 8.76. The van der Waals surface area contributed by atoms with E-state index in [0.717, 1.165) is 34.2 Å². The number of rotatable bonds is 5. The van der Waals surface area contributed by atoms with Crippen LogP contribution in [-0.2, 0) is 17.8 Å². The second-order valence-corrected chi connectivity index (χ2v) is 7.09. The van der Waals surface area contributed by atoms with Crippen LogP contribution in [-0.4, -0.2) is 28.4 Å². The van der Waals surface area contributed by atoms with Crippen molar-refractivity contribution >= 4 is 22.9 Å². The van der Waals surface area contributed by atoms with Crippen LogP contribution in [0.4, 0.5) is 9.18 Å². The number of aryl methyl sites for hydroxylation is 1. The number of hydrogen-bond donors (Lipinski definition) is 0. The van der Waals surface area contributed by atoms with Gasteiger partial charge in [-0.2, -0.15) is 0 Å². The van der Waals surface area contributed by atoms with Crippen LogP contribution in [0.3, 0.4) is 0 Å². The minimum atomic E-state index is -0.430. The Labute approximate surface area is 150 Å². The third kappa shape index (κ3) is 3.85. The molecule has 0 spiro atoms. The minimum absolute atomic E-state index is 0.170. The first-order chi connectivity index (χ1) is 12.0. The molecule has 1 aliphatic rings. The molecule has 1 heterocycles. The molecule has 6 heteroatoms. The molecule has 1 aliphatic heterocycles. The summed E-state index contributed by atoms with van der Waals surface area (Å²) in [6, 6.07) is 11.6. The molecule has 2 amide bonds. The second-order valence-electron chi connectivity index (χ2n) is 5.93. The van der Waals surface area contributed by atoms with Gasteiger partial charge in [0.1, 0.15) is 11.6 Å². The summed E-state index contributed by atoms with van der Waals surface area (Å²) in [4.78, 5) is 26.0. The highest BCUT2D eigenvalue weighted by Crippen LogP contribution is 2.31. The van der Waals surface area contributed by atoms with Crippen molar-refractivity contribution in [2.24, 2.45) is 0 Å². The number of nitrogens with zero attached hydrogens (tertiary/aromatic N) is 1. The number of ether oxygens (including phenoxy) is 1. The Morgan fingerprint density at radius 2 is 1.80 bits per heavy atom. The van der Waals surface area contributed by atoms with Gasteiger partial charge in [-0.15, -0.1) is 0 Å². The third-order valence-electron chi connectivity index (χ3n) is 4.14. The summed E-state index contributed by atoms with van der Waals surface area (Å²) < 4.78 is 18.2. The van der Waals surface area contributed by atoms with Gasteiger partial charge in [-0.05, 0) is 48.2 Å². The Bertz CT molecular complexity index is 807. The maximum atomic E-state index is 13.0. The van der Waals surface area contributed by atoms with Gasteiger partial charge in [0.25, 0.3) is 5.24 Å². The van der Waals surface area contributed by atoms with Crippen LogP contribution in [0.2, 0.25) is 0 Å². The van der Waals surface area contributed by atoms with E-state index in [2.05, 4.69) is 0 Å². The standard InChI is InChI=1S/C19H18FNO3S/c1-12-9-14(5-8-16(12)24-2)10-17-18(22)21(19(23)25-17)11-13-3-6-15(20)7-4-13/h3-9,17H,10-11H2,1-2H3/t17-/m0/s1. The Hall–Kier alpha value is -2.34. The normalized spacial score (nSPS) is 17.2. The van der Waals surface area contributed by atoms with Crippen LogP contribution >= 0.6 is 11.8 Å². The number of carbonyl (C=O) groups excluding carboxylic acids is 2. The highest BCUT2D eigenvalue weighted by Gasteiger charge is 2.39. The lowest BCUT2D eigenvalue weighted by Crippen LogP contribution is -2.31. The van der Waals surface area contributed by atoms with Crippen LogP contribution in [0, 0.1) is 12.7 Å². The number of thioether (sulfide) groups is 1. The summed E-state index contributed by atoms with van der Waals surface area (Å²) in [5, 5.41) is -0.690. The summed E-state index contributed by atoms with van der Waals surface area (Å²) in [6.45, 7) is 2.11. The molecule has 1 fully saturated rings. The van der Waals surface area contributed by atoms with Crippen molar-refractivity contribution in [2.45, 2.75) is 25.1 Å². The molecule has 3 rings (SSSR count). The summed E-state index contributed by atoms with van der Waals surface area (Å²) >= 11 is 1.05. The molecule has 4 nitrogen and oxygen atoms in total. The zero-order valence-electron chi connectivity index (χ0n) is 14.0. The van der Waals surface area contributed by atoms with Crippen LogP contribution in [0.15, 0.2) is 42.5 Å². The highest BCUT2D eigenvalue weighted by atomic mass is 32.2. The Morgan fingerprint density at radius 1 is 1.12 bits per heavy atom. The van der Waals surface area contributed by atoms with E-state index in [1.54, 1.807) is 19.2 Å². The number of methoxy groups -OCH3 is 1. The predicted molar refractivity (Wildman–Crippen MR) is 95.2 cm³/mol. The molecular weight excluding hydrogens is 341 g/mol. The molecule has 0 bridgehead atoms. The van der Waals surface area contributed by atoms with Gasteiger partial charge < -0.3 is 4.74 Å². The lowest BCUT2D eigenvalue weighted by Gasteiger charge is -2.14. The topological polar surface area (TPSA) is 46.6 Å². The maximum absolute atomic E-state index is 13.0. The van der Waals surface area contributed by atoms with E-state index in [-0.39, 0.29) is 23.5 Å². The highest BCUT2D eigenvalue weighted by molar-refractivity contribution is 8.15. The molecule has 0 radical (unpaired) electrons. The van der Waals surface area contributed by atoms with E-state index < -0.39 is 5.25 Å². The van der Waals surface area contributed by atoms with Crippen molar-refractivity contribution in [3.05, 3.63) is 65.0 Å². The fraction of sp³-hybridized carbons (Fsp3) is 0.263. The largest absolute Gasteiger partial charge is 0.496 e. The average Bonchev–Trinajstić information content (AvgIpc) is 2.84. The van der Waals surface area contributed by atoms with Crippen molar-refractivity contribution in [2.75, 3.05) is 7.11 Å². The molecule has 0 saturated carbocycles. The van der Waals surface area contributed by atoms with Gasteiger partial charge in [-0.25, -0.2) is 4.39 Å². The fourth-order valence-electron chi connectivity index (χ4n) is 2.82. The second kappa shape index (κ2) is 7.27. The van der Waals surface area contributed by atoms with E-state index in [4.69, 9.17) is 4.74 Å². The Kier molecular flexibility index (Phi) is 5.08.